The van der Waals surface area contributed by atoms with E-state index in [1.807, 2.05) is 30.3 Å². The van der Waals surface area contributed by atoms with Crippen LogP contribution in [0.25, 0.3) is 0 Å². The molecule has 6 nitrogen and oxygen atoms in total. The van der Waals surface area contributed by atoms with Crippen LogP contribution in [0.4, 0.5) is 0 Å². The highest BCUT2D eigenvalue weighted by Crippen LogP contribution is 2.75. The summed E-state index contributed by atoms with van der Waals surface area (Å²) in [5.41, 5.74) is 1.09. The zero-order valence-corrected chi connectivity index (χ0v) is 32.5. The smallest absolute Gasteiger partial charge is 0.312 e. The maximum Gasteiger partial charge on any atom is 0.312 e. The van der Waals surface area contributed by atoms with Gasteiger partial charge in [0.1, 0.15) is 12.7 Å². The van der Waals surface area contributed by atoms with E-state index in [1.165, 1.54) is 5.57 Å². The number of allylic oxidation sites excluding steroid dienone is 2. The minimum Gasteiger partial charge on any atom is -0.460 e. The van der Waals surface area contributed by atoms with Gasteiger partial charge >= 0.3 is 11.9 Å². The van der Waals surface area contributed by atoms with Gasteiger partial charge in [-0.05, 0) is 147 Å². The van der Waals surface area contributed by atoms with Gasteiger partial charge in [-0.3, -0.25) is 19.3 Å². The Labute approximate surface area is 306 Å². The highest BCUT2D eigenvalue weighted by molar-refractivity contribution is 5.96. The van der Waals surface area contributed by atoms with Crippen LogP contribution in [0.5, 0.6) is 0 Å². The second kappa shape index (κ2) is 12.0. The highest BCUT2D eigenvalue weighted by Gasteiger charge is 2.70. The molecular weight excluding hydrogens is 634 g/mol. The molecule has 0 amide bonds. The van der Waals surface area contributed by atoms with E-state index in [2.05, 4.69) is 59.4 Å². The van der Waals surface area contributed by atoms with Crippen LogP contribution in [0, 0.1) is 62.1 Å². The first kappa shape index (κ1) is 35.6. The molecule has 3 saturated heterocycles. The van der Waals surface area contributed by atoms with Crippen molar-refractivity contribution in [1.82, 2.24) is 4.90 Å². The Morgan fingerprint density at radius 2 is 1.55 bits per heavy atom. The zero-order chi connectivity index (χ0) is 36.2. The number of hydrogen-bond donors (Lipinski definition) is 0. The van der Waals surface area contributed by atoms with E-state index >= 15 is 0 Å². The van der Waals surface area contributed by atoms with Crippen molar-refractivity contribution in [3.63, 3.8) is 0 Å². The number of carbonyl (C=O) groups is 3. The van der Waals surface area contributed by atoms with Crippen LogP contribution < -0.4 is 0 Å². The van der Waals surface area contributed by atoms with Crippen molar-refractivity contribution in [2.24, 2.45) is 62.1 Å². The van der Waals surface area contributed by atoms with Crippen LogP contribution in [0.15, 0.2) is 42.0 Å². The highest BCUT2D eigenvalue weighted by atomic mass is 16.5. The third-order valence-corrected chi connectivity index (χ3v) is 17.5. The lowest BCUT2D eigenvalue weighted by atomic mass is 9.33. The van der Waals surface area contributed by atoms with Crippen molar-refractivity contribution in [2.45, 2.75) is 132 Å². The summed E-state index contributed by atoms with van der Waals surface area (Å²) in [6.45, 7) is 19.9. The molecule has 1 aromatic rings. The SMILES string of the molecule is CC1(C)[C@@H](C(=O)O[C@H]2CN3CCC2CC3)CC[C@]2(C)[C@H]3C(=O)C=C4[C@@H]5C[C@@](C)(C(=O)OCc6ccccc6)CC[C@]5(C)CC[C@@]4(C)[C@]3(C)CC[C@@H]12. The molecule has 2 bridgehead atoms. The lowest BCUT2D eigenvalue weighted by Gasteiger charge is -2.70. The molecule has 6 heteroatoms. The molecule has 5 aliphatic carbocycles. The minimum absolute atomic E-state index is 0.00691. The summed E-state index contributed by atoms with van der Waals surface area (Å²) in [4.78, 5) is 45.2. The van der Waals surface area contributed by atoms with Gasteiger partial charge in [0.25, 0.3) is 0 Å². The second-order valence-electron chi connectivity index (χ2n) is 20.3. The zero-order valence-electron chi connectivity index (χ0n) is 32.5. The summed E-state index contributed by atoms with van der Waals surface area (Å²) in [5, 5.41) is 0. The third kappa shape index (κ3) is 5.29. The Bertz CT molecular complexity index is 1610. The second-order valence-corrected chi connectivity index (χ2v) is 20.3. The molecular formula is C45H63NO5. The monoisotopic (exact) mass is 697 g/mol. The van der Waals surface area contributed by atoms with Gasteiger partial charge in [0.15, 0.2) is 5.78 Å². The van der Waals surface area contributed by atoms with Gasteiger partial charge in [-0.1, -0.05) is 77.4 Å². The molecule has 0 unspecified atom stereocenters. The van der Waals surface area contributed by atoms with Crippen LogP contribution in [0.3, 0.4) is 0 Å². The number of benzene rings is 1. The predicted molar refractivity (Wildman–Crippen MR) is 198 cm³/mol. The largest absolute Gasteiger partial charge is 0.460 e. The van der Waals surface area contributed by atoms with E-state index in [-0.39, 0.29) is 68.8 Å². The average molecular weight is 698 g/mol. The van der Waals surface area contributed by atoms with E-state index in [4.69, 9.17) is 9.47 Å². The molecule has 1 aromatic carbocycles. The molecule has 0 aromatic heterocycles. The van der Waals surface area contributed by atoms with Crippen LogP contribution >= 0.6 is 0 Å². The lowest BCUT2D eigenvalue weighted by Crippen LogP contribution is -2.66. The standard InChI is InChI=1S/C45H63NO5/c1-40(2)31(38(48)51-35-27-46-23-15-30(35)16-24-46)13-17-43(5)36(40)14-18-45(7)37(43)34(47)25-32-33-26-42(4,20-19-41(33,3)21-22-44(32,45)6)39(49)50-28-29-11-9-8-10-12-29/h8-12,25,30-31,33,35-37H,13-24,26-28H2,1-7H3/t31-,33+,35+,36+,37-,41-,42+,43+,44-,45-/m1/s1. The summed E-state index contributed by atoms with van der Waals surface area (Å²) in [6.07, 6.45) is 12.8. The van der Waals surface area contributed by atoms with Crippen molar-refractivity contribution in [1.29, 1.82) is 0 Å². The van der Waals surface area contributed by atoms with E-state index in [0.29, 0.717) is 18.3 Å². The van der Waals surface area contributed by atoms with Gasteiger partial charge in [-0.15, -0.1) is 0 Å². The fourth-order valence-corrected chi connectivity index (χ4v) is 14.0. The van der Waals surface area contributed by atoms with Gasteiger partial charge in [-0.25, -0.2) is 0 Å². The minimum atomic E-state index is -0.575. The fourth-order valence-electron chi connectivity index (χ4n) is 14.0. The first-order valence-corrected chi connectivity index (χ1v) is 20.4. The Kier molecular flexibility index (Phi) is 8.38. The van der Waals surface area contributed by atoms with Gasteiger partial charge in [-0.2, -0.15) is 0 Å². The number of nitrogens with zero attached hydrogens (tertiary/aromatic N) is 1. The van der Waals surface area contributed by atoms with E-state index in [9.17, 15) is 14.4 Å². The number of piperidine rings is 3. The summed E-state index contributed by atoms with van der Waals surface area (Å²) in [7, 11) is 0. The van der Waals surface area contributed by atoms with Crippen molar-refractivity contribution in [3.8, 4) is 0 Å². The number of rotatable bonds is 5. The molecule has 3 aliphatic heterocycles. The van der Waals surface area contributed by atoms with Crippen molar-refractivity contribution >= 4 is 17.7 Å². The quantitative estimate of drug-likeness (QED) is 0.286. The van der Waals surface area contributed by atoms with E-state index < -0.39 is 5.41 Å². The van der Waals surface area contributed by atoms with Gasteiger partial charge < -0.3 is 9.47 Å². The van der Waals surface area contributed by atoms with Gasteiger partial charge in [0.2, 0.25) is 0 Å². The van der Waals surface area contributed by atoms with Crippen LogP contribution in [0.1, 0.15) is 125 Å². The summed E-state index contributed by atoms with van der Waals surface area (Å²) < 4.78 is 12.4. The molecule has 4 saturated carbocycles. The Morgan fingerprint density at radius 1 is 0.843 bits per heavy atom. The first-order chi connectivity index (χ1) is 24.0. The molecule has 7 fully saturated rings. The molecule has 3 heterocycles. The van der Waals surface area contributed by atoms with Crippen LogP contribution in [-0.2, 0) is 30.5 Å². The first-order valence-electron chi connectivity index (χ1n) is 20.4. The molecule has 10 atom stereocenters. The molecule has 0 radical (unpaired) electrons. The predicted octanol–water partition coefficient (Wildman–Crippen LogP) is 8.96. The number of esters is 2. The number of hydrogen-bond acceptors (Lipinski definition) is 6. The Morgan fingerprint density at radius 3 is 2.24 bits per heavy atom. The van der Waals surface area contributed by atoms with Gasteiger partial charge in [0, 0.05) is 12.5 Å². The van der Waals surface area contributed by atoms with E-state index in [0.717, 1.165) is 95.8 Å². The molecule has 0 spiro atoms. The van der Waals surface area contributed by atoms with Crippen molar-refractivity contribution in [2.75, 3.05) is 19.6 Å². The third-order valence-electron chi connectivity index (χ3n) is 17.5. The number of fused-ring (bicyclic) bond motifs is 10. The van der Waals surface area contributed by atoms with Crippen molar-refractivity contribution < 1.29 is 23.9 Å². The number of carbonyl (C=O) groups excluding carboxylic acids is 3. The Balaban J connectivity index is 1.05. The number of ether oxygens (including phenoxy) is 2. The summed E-state index contributed by atoms with van der Waals surface area (Å²) in [6, 6.07) is 9.95. The molecule has 278 valence electrons. The van der Waals surface area contributed by atoms with Crippen molar-refractivity contribution in [3.05, 3.63) is 47.5 Å². The molecule has 8 aliphatic rings. The molecule has 9 rings (SSSR count). The fraction of sp³-hybridized carbons (Fsp3) is 0.756. The van der Waals surface area contributed by atoms with Crippen LogP contribution in [0.2, 0.25) is 0 Å². The topological polar surface area (TPSA) is 72.9 Å². The molecule has 51 heavy (non-hydrogen) atoms. The maximum absolute atomic E-state index is 14.9. The summed E-state index contributed by atoms with van der Waals surface area (Å²) >= 11 is 0. The molecule has 0 N–H and O–H groups in total. The maximum atomic E-state index is 14.9. The van der Waals surface area contributed by atoms with Gasteiger partial charge in [0.05, 0.1) is 11.3 Å². The van der Waals surface area contributed by atoms with Crippen LogP contribution in [-0.4, -0.2) is 48.4 Å². The number of ketones is 1. The average Bonchev–Trinajstić information content (AvgIpc) is 3.09. The normalized spacial score (nSPS) is 46.8. The summed E-state index contributed by atoms with van der Waals surface area (Å²) in [5.74, 6) is 0.948. The lowest BCUT2D eigenvalue weighted by molar-refractivity contribution is -0.203. The Hall–Kier alpha value is -2.47. The van der Waals surface area contributed by atoms with E-state index in [1.54, 1.807) is 0 Å².